The van der Waals surface area contributed by atoms with Gasteiger partial charge in [-0.3, -0.25) is 9.69 Å². The highest BCUT2D eigenvalue weighted by Crippen LogP contribution is 2.20. The molecule has 0 amide bonds. The van der Waals surface area contributed by atoms with Crippen LogP contribution in [0.2, 0.25) is 0 Å². The molecular weight excluding hydrogens is 206 g/mol. The Morgan fingerprint density at radius 2 is 1.88 bits per heavy atom. The number of nitrogens with zero attached hydrogens (tertiary/aromatic N) is 1. The average Bonchev–Trinajstić information content (AvgIpc) is 2.12. The number of hydrogen-bond acceptors (Lipinski definition) is 3. The maximum Gasteiger partial charge on any atom is 0.317 e. The maximum atomic E-state index is 10.8. The lowest BCUT2D eigenvalue weighted by Gasteiger charge is -2.35. The Balaban J connectivity index is 4.50. The second-order valence-corrected chi connectivity index (χ2v) is 5.18. The summed E-state index contributed by atoms with van der Waals surface area (Å²) in [6.45, 7) is 10.2. The summed E-state index contributed by atoms with van der Waals surface area (Å²) < 4.78 is 5.37. The monoisotopic (exact) mass is 231 g/mol. The molecule has 0 aliphatic carbocycles. The van der Waals surface area contributed by atoms with Gasteiger partial charge in [-0.25, -0.2) is 0 Å². The predicted octanol–water partition coefficient (Wildman–Crippen LogP) is 1.98. The number of hydrogen-bond donors (Lipinski definition) is 1. The molecule has 96 valence electrons. The summed E-state index contributed by atoms with van der Waals surface area (Å²) >= 11 is 0. The Morgan fingerprint density at radius 1 is 1.38 bits per heavy atom. The Hall–Kier alpha value is -0.610. The van der Waals surface area contributed by atoms with Gasteiger partial charge in [0.1, 0.15) is 0 Å². The molecule has 0 aromatic rings. The third-order valence-corrected chi connectivity index (χ3v) is 2.89. The van der Waals surface area contributed by atoms with Gasteiger partial charge in [0.05, 0.1) is 12.1 Å². The maximum absolute atomic E-state index is 10.8. The van der Waals surface area contributed by atoms with Crippen LogP contribution in [0, 0.1) is 0 Å². The van der Waals surface area contributed by atoms with Gasteiger partial charge in [0.2, 0.25) is 0 Å². The van der Waals surface area contributed by atoms with Gasteiger partial charge in [-0.1, -0.05) is 0 Å². The zero-order chi connectivity index (χ0) is 12.9. The van der Waals surface area contributed by atoms with Crippen molar-refractivity contribution in [2.24, 2.45) is 0 Å². The van der Waals surface area contributed by atoms with Gasteiger partial charge >= 0.3 is 5.97 Å². The molecule has 0 aliphatic rings. The summed E-state index contributed by atoms with van der Waals surface area (Å²) in [6.07, 6.45) is 0.814. The van der Waals surface area contributed by atoms with Crippen LogP contribution in [-0.2, 0) is 9.53 Å². The zero-order valence-electron chi connectivity index (χ0n) is 11.3. The lowest BCUT2D eigenvalue weighted by molar-refractivity contribution is -0.140. The fourth-order valence-corrected chi connectivity index (χ4v) is 1.92. The highest BCUT2D eigenvalue weighted by atomic mass is 16.5. The number of aliphatic carboxylic acids is 1. The summed E-state index contributed by atoms with van der Waals surface area (Å²) in [7, 11) is 1.68. The van der Waals surface area contributed by atoms with Crippen LogP contribution in [0.4, 0.5) is 0 Å². The molecule has 0 spiro atoms. The molecule has 0 fully saturated rings. The Bertz CT molecular complexity index is 226. The molecule has 0 aromatic carbocycles. The van der Waals surface area contributed by atoms with Crippen molar-refractivity contribution in [1.82, 2.24) is 4.90 Å². The van der Waals surface area contributed by atoms with E-state index in [4.69, 9.17) is 9.84 Å². The lowest BCUT2D eigenvalue weighted by Crippen LogP contribution is -2.45. The molecule has 1 atom stereocenters. The molecule has 0 aliphatic heterocycles. The smallest absolute Gasteiger partial charge is 0.317 e. The van der Waals surface area contributed by atoms with E-state index in [0.717, 1.165) is 6.42 Å². The zero-order valence-corrected chi connectivity index (χ0v) is 11.3. The van der Waals surface area contributed by atoms with Crippen molar-refractivity contribution in [1.29, 1.82) is 0 Å². The van der Waals surface area contributed by atoms with E-state index in [1.165, 1.54) is 0 Å². The highest BCUT2D eigenvalue weighted by Gasteiger charge is 2.26. The van der Waals surface area contributed by atoms with Crippen LogP contribution in [0.15, 0.2) is 0 Å². The van der Waals surface area contributed by atoms with Crippen molar-refractivity contribution < 1.29 is 14.6 Å². The number of rotatable bonds is 7. The molecule has 0 saturated carbocycles. The molecule has 4 heteroatoms. The molecule has 4 nitrogen and oxygen atoms in total. The van der Waals surface area contributed by atoms with Crippen LogP contribution < -0.4 is 0 Å². The standard InChI is InChI=1S/C12H25NO3/c1-9(2)13(8-11(14)15)10(3)7-12(4,5)16-6/h9-10H,7-8H2,1-6H3,(H,14,15). The molecular formula is C12H25NO3. The van der Waals surface area contributed by atoms with Gasteiger partial charge in [-0.2, -0.15) is 0 Å². The Kier molecular flexibility index (Phi) is 5.97. The van der Waals surface area contributed by atoms with Crippen LogP contribution >= 0.6 is 0 Å². The second-order valence-electron chi connectivity index (χ2n) is 5.18. The number of methoxy groups -OCH3 is 1. The fraction of sp³-hybridized carbons (Fsp3) is 0.917. The molecule has 0 aromatic heterocycles. The molecule has 0 rings (SSSR count). The summed E-state index contributed by atoms with van der Waals surface area (Å²) in [6, 6.07) is 0.407. The van der Waals surface area contributed by atoms with E-state index >= 15 is 0 Å². The molecule has 0 saturated heterocycles. The van der Waals surface area contributed by atoms with E-state index in [1.807, 2.05) is 39.5 Å². The van der Waals surface area contributed by atoms with Crippen molar-refractivity contribution in [3.05, 3.63) is 0 Å². The number of carboxylic acid groups (broad SMARTS) is 1. The summed E-state index contributed by atoms with van der Waals surface area (Å²) in [4.78, 5) is 12.8. The lowest BCUT2D eigenvalue weighted by atomic mass is 9.98. The number of carbonyl (C=O) groups is 1. The minimum absolute atomic E-state index is 0.0820. The highest BCUT2D eigenvalue weighted by molar-refractivity contribution is 5.69. The molecule has 1 N–H and O–H groups in total. The Labute approximate surface area is 98.6 Å². The van der Waals surface area contributed by atoms with E-state index in [0.29, 0.717) is 0 Å². The van der Waals surface area contributed by atoms with Crippen LogP contribution in [-0.4, -0.2) is 47.3 Å². The van der Waals surface area contributed by atoms with E-state index in [2.05, 4.69) is 0 Å². The Morgan fingerprint density at radius 3 is 2.19 bits per heavy atom. The third-order valence-electron chi connectivity index (χ3n) is 2.89. The van der Waals surface area contributed by atoms with Crippen molar-refractivity contribution in [2.45, 2.75) is 58.7 Å². The number of ether oxygens (including phenoxy) is 1. The van der Waals surface area contributed by atoms with Gasteiger partial charge in [-0.05, 0) is 41.0 Å². The molecule has 0 heterocycles. The number of carboxylic acids is 1. The minimum Gasteiger partial charge on any atom is -0.480 e. The van der Waals surface area contributed by atoms with E-state index in [9.17, 15) is 4.79 Å². The van der Waals surface area contributed by atoms with Crippen molar-refractivity contribution in [3.8, 4) is 0 Å². The summed E-state index contributed by atoms with van der Waals surface area (Å²) in [5.74, 6) is -0.782. The first kappa shape index (κ1) is 15.4. The van der Waals surface area contributed by atoms with Gasteiger partial charge in [-0.15, -0.1) is 0 Å². The van der Waals surface area contributed by atoms with Crippen LogP contribution in [0.1, 0.15) is 41.0 Å². The largest absolute Gasteiger partial charge is 0.480 e. The molecule has 16 heavy (non-hydrogen) atoms. The van der Waals surface area contributed by atoms with Crippen LogP contribution in [0.5, 0.6) is 0 Å². The SMILES string of the molecule is COC(C)(C)CC(C)N(CC(=O)O)C(C)C. The predicted molar refractivity (Wildman–Crippen MR) is 64.6 cm³/mol. The van der Waals surface area contributed by atoms with Crippen LogP contribution in [0.3, 0.4) is 0 Å². The fourth-order valence-electron chi connectivity index (χ4n) is 1.92. The van der Waals surface area contributed by atoms with Crippen molar-refractivity contribution >= 4 is 5.97 Å². The molecule has 0 radical (unpaired) electrons. The van der Waals surface area contributed by atoms with Crippen molar-refractivity contribution in [3.63, 3.8) is 0 Å². The van der Waals surface area contributed by atoms with E-state index in [-0.39, 0.29) is 24.2 Å². The normalized spacial score (nSPS) is 14.5. The van der Waals surface area contributed by atoms with Gasteiger partial charge in [0.25, 0.3) is 0 Å². The minimum atomic E-state index is -0.782. The van der Waals surface area contributed by atoms with Crippen molar-refractivity contribution in [2.75, 3.05) is 13.7 Å². The average molecular weight is 231 g/mol. The summed E-state index contributed by atoms with van der Waals surface area (Å²) in [5.41, 5.74) is -0.217. The van der Waals surface area contributed by atoms with E-state index in [1.54, 1.807) is 7.11 Å². The third kappa shape index (κ3) is 5.47. The quantitative estimate of drug-likeness (QED) is 0.728. The first-order chi connectivity index (χ1) is 7.19. The van der Waals surface area contributed by atoms with Gasteiger partial charge < -0.3 is 9.84 Å². The van der Waals surface area contributed by atoms with Gasteiger partial charge in [0, 0.05) is 19.2 Å². The first-order valence-corrected chi connectivity index (χ1v) is 5.72. The molecule has 0 bridgehead atoms. The van der Waals surface area contributed by atoms with Gasteiger partial charge in [0.15, 0.2) is 0 Å². The summed E-state index contributed by atoms with van der Waals surface area (Å²) in [5, 5.41) is 8.86. The second kappa shape index (κ2) is 6.21. The van der Waals surface area contributed by atoms with E-state index < -0.39 is 5.97 Å². The topological polar surface area (TPSA) is 49.8 Å². The van der Waals surface area contributed by atoms with Crippen LogP contribution in [0.25, 0.3) is 0 Å². The first-order valence-electron chi connectivity index (χ1n) is 5.72. The molecule has 1 unspecified atom stereocenters.